The summed E-state index contributed by atoms with van der Waals surface area (Å²) in [6.07, 6.45) is 0. The van der Waals surface area contributed by atoms with Crippen molar-refractivity contribution < 1.29 is 67.0 Å². The van der Waals surface area contributed by atoms with Crippen molar-refractivity contribution in [2.45, 2.75) is 0 Å². The summed E-state index contributed by atoms with van der Waals surface area (Å²) < 4.78 is 172. The zero-order chi connectivity index (χ0) is 26.3. The van der Waals surface area contributed by atoms with Gasteiger partial charge in [0.1, 0.15) is 0 Å². The van der Waals surface area contributed by atoms with E-state index >= 15 is 0 Å². The molecule has 0 radical (unpaired) electrons. The Kier molecular flexibility index (Phi) is 5.33. The van der Waals surface area contributed by atoms with Gasteiger partial charge in [-0.3, -0.25) is 9.59 Å². The lowest BCUT2D eigenvalue weighted by Gasteiger charge is -2.20. The van der Waals surface area contributed by atoms with E-state index in [9.17, 15) is 62.3 Å². The second kappa shape index (κ2) is 7.74. The van der Waals surface area contributed by atoms with Gasteiger partial charge in [0, 0.05) is 0 Å². The van der Waals surface area contributed by atoms with Crippen molar-refractivity contribution in [2.75, 3.05) is 0 Å². The SMILES string of the molecule is O=C1C(F)=C(Oc2c(F)c(F)c(F)c3c(F)c(F)c(F)c(F)c23)C(=O)c2c(F)c(F)c(F)c(F)c21. The van der Waals surface area contributed by atoms with E-state index in [-0.39, 0.29) is 0 Å². The molecule has 1 aliphatic carbocycles. The maximum absolute atomic E-state index is 14.5. The first-order valence-electron chi connectivity index (χ1n) is 8.58. The van der Waals surface area contributed by atoms with Crippen LogP contribution in [0.5, 0.6) is 5.75 Å². The quantitative estimate of drug-likeness (QED) is 0.238. The topological polar surface area (TPSA) is 43.4 Å². The molecule has 0 heterocycles. The highest BCUT2D eigenvalue weighted by molar-refractivity contribution is 6.25. The molecule has 3 nitrogen and oxygen atoms in total. The molecule has 0 bridgehead atoms. The van der Waals surface area contributed by atoms with Crippen LogP contribution < -0.4 is 4.74 Å². The number of fused-ring (bicyclic) bond motifs is 2. The Balaban J connectivity index is 2.06. The van der Waals surface area contributed by atoms with Gasteiger partial charge in [-0.15, -0.1) is 0 Å². The average molecular weight is 516 g/mol. The molecule has 0 atom stereocenters. The largest absolute Gasteiger partial charge is 0.446 e. The third-order valence-corrected chi connectivity index (χ3v) is 4.83. The minimum absolute atomic E-state index is 1.97. The Bertz CT molecular complexity index is 1570. The molecule has 15 heteroatoms. The molecule has 0 amide bonds. The van der Waals surface area contributed by atoms with Crippen LogP contribution in [-0.4, -0.2) is 11.6 Å². The monoisotopic (exact) mass is 516 g/mol. The van der Waals surface area contributed by atoms with Crippen molar-refractivity contribution in [2.24, 2.45) is 0 Å². The summed E-state index contributed by atoms with van der Waals surface area (Å²) in [6, 6.07) is 0. The van der Waals surface area contributed by atoms with Gasteiger partial charge in [-0.1, -0.05) is 0 Å². The molecule has 0 saturated carbocycles. The molecule has 0 N–H and O–H groups in total. The summed E-state index contributed by atoms with van der Waals surface area (Å²) in [7, 11) is 0. The van der Waals surface area contributed by atoms with Crippen molar-refractivity contribution >= 4 is 22.3 Å². The number of ether oxygens (including phenoxy) is 1. The predicted octanol–water partition coefficient (Wildman–Crippen LogP) is 6.01. The number of allylic oxidation sites excluding steroid dienone is 2. The third kappa shape index (κ3) is 3.03. The summed E-state index contributed by atoms with van der Waals surface area (Å²) in [6.45, 7) is 0. The zero-order valence-electron chi connectivity index (χ0n) is 15.8. The maximum Gasteiger partial charge on any atom is 0.235 e. The summed E-state index contributed by atoms with van der Waals surface area (Å²) in [5, 5.41) is -4.21. The average Bonchev–Trinajstić information content (AvgIpc) is 2.82. The summed E-state index contributed by atoms with van der Waals surface area (Å²) in [4.78, 5) is 24.5. The molecule has 182 valence electrons. The first-order chi connectivity index (χ1) is 16.2. The van der Waals surface area contributed by atoms with Crippen LogP contribution >= 0.6 is 0 Å². The van der Waals surface area contributed by atoms with Crippen LogP contribution in [0.15, 0.2) is 11.6 Å². The normalized spacial score (nSPS) is 13.7. The van der Waals surface area contributed by atoms with Crippen molar-refractivity contribution in [3.8, 4) is 5.75 Å². The Hall–Kier alpha value is -4.04. The van der Waals surface area contributed by atoms with Gasteiger partial charge < -0.3 is 4.74 Å². The van der Waals surface area contributed by atoms with Crippen LogP contribution in [0.2, 0.25) is 0 Å². The number of hydrogen-bond acceptors (Lipinski definition) is 3. The first kappa shape index (κ1) is 24.1. The Labute approximate surface area is 182 Å². The first-order valence-corrected chi connectivity index (χ1v) is 8.58. The van der Waals surface area contributed by atoms with Crippen LogP contribution in [-0.2, 0) is 0 Å². The third-order valence-electron chi connectivity index (χ3n) is 4.83. The van der Waals surface area contributed by atoms with E-state index in [0.29, 0.717) is 0 Å². The molecule has 0 aliphatic heterocycles. The van der Waals surface area contributed by atoms with E-state index in [0.717, 1.165) is 0 Å². The van der Waals surface area contributed by atoms with Gasteiger partial charge in [0.05, 0.1) is 21.9 Å². The zero-order valence-corrected chi connectivity index (χ0v) is 15.8. The number of benzene rings is 3. The van der Waals surface area contributed by atoms with Crippen LogP contribution in [0.3, 0.4) is 0 Å². The number of Topliss-reactive ketones (excluding diaryl/α,β-unsaturated/α-hetero) is 2. The molecule has 0 saturated heterocycles. The molecule has 0 aromatic heterocycles. The molecule has 1 aliphatic rings. The van der Waals surface area contributed by atoms with Crippen molar-refractivity contribution in [1.82, 2.24) is 0 Å². The van der Waals surface area contributed by atoms with Crippen LogP contribution in [0.1, 0.15) is 20.7 Å². The fraction of sp³-hybridized carbons (Fsp3) is 0. The second-order valence-corrected chi connectivity index (χ2v) is 6.69. The van der Waals surface area contributed by atoms with Gasteiger partial charge >= 0.3 is 0 Å². The molecule has 3 aromatic rings. The lowest BCUT2D eigenvalue weighted by Crippen LogP contribution is -2.28. The highest BCUT2D eigenvalue weighted by atomic mass is 19.2. The molecule has 3 aromatic carbocycles. The van der Waals surface area contributed by atoms with Gasteiger partial charge in [0.2, 0.25) is 29.0 Å². The molecular weight excluding hydrogens is 516 g/mol. The Morgan fingerprint density at radius 2 is 0.771 bits per heavy atom. The van der Waals surface area contributed by atoms with Crippen molar-refractivity contribution in [3.63, 3.8) is 0 Å². The summed E-state index contributed by atoms with van der Waals surface area (Å²) in [5.41, 5.74) is -3.98. The number of ketones is 2. The van der Waals surface area contributed by atoms with Gasteiger partial charge in [-0.2, -0.15) is 8.78 Å². The van der Waals surface area contributed by atoms with Gasteiger partial charge in [0.15, 0.2) is 63.9 Å². The number of carbonyl (C=O) groups is 2. The standard InChI is InChI=1S/C20F12O3/c21-5-1-4(9(25)13(29)10(5)26)19(15(31)14(30)6(1)22)35-20-16(32)17(33)2-3(18(20)34)8(24)12(28)11(27)7(2)23. The smallest absolute Gasteiger partial charge is 0.235 e. The molecule has 0 fully saturated rings. The Morgan fingerprint density at radius 1 is 0.400 bits per heavy atom. The van der Waals surface area contributed by atoms with Crippen LogP contribution in [0.4, 0.5) is 52.7 Å². The fourth-order valence-corrected chi connectivity index (χ4v) is 3.24. The van der Waals surface area contributed by atoms with E-state index in [1.165, 1.54) is 0 Å². The number of halogens is 12. The number of carbonyl (C=O) groups excluding carboxylic acids is 2. The van der Waals surface area contributed by atoms with Gasteiger partial charge in [-0.25, -0.2) is 43.9 Å². The second-order valence-electron chi connectivity index (χ2n) is 6.69. The minimum Gasteiger partial charge on any atom is -0.446 e. The number of rotatable bonds is 2. The lowest BCUT2D eigenvalue weighted by molar-refractivity contribution is 0.0903. The minimum atomic E-state index is -2.75. The van der Waals surface area contributed by atoms with E-state index < -0.39 is 115 Å². The molecule has 4 rings (SSSR count). The highest BCUT2D eigenvalue weighted by Crippen LogP contribution is 2.42. The van der Waals surface area contributed by atoms with Crippen molar-refractivity contribution in [3.05, 3.63) is 86.7 Å². The molecular formula is C20F12O3. The maximum atomic E-state index is 14.5. The van der Waals surface area contributed by atoms with E-state index in [4.69, 9.17) is 0 Å². The fourth-order valence-electron chi connectivity index (χ4n) is 3.24. The molecule has 0 unspecified atom stereocenters. The summed E-state index contributed by atoms with van der Waals surface area (Å²) in [5.74, 6) is -41.0. The van der Waals surface area contributed by atoms with E-state index in [1.807, 2.05) is 0 Å². The number of hydrogen-bond donors (Lipinski definition) is 0. The highest BCUT2D eigenvalue weighted by Gasteiger charge is 2.43. The van der Waals surface area contributed by atoms with E-state index in [1.54, 1.807) is 0 Å². The molecule has 0 spiro atoms. The van der Waals surface area contributed by atoms with Gasteiger partial charge in [-0.05, 0) is 0 Å². The van der Waals surface area contributed by atoms with Gasteiger partial charge in [0.25, 0.3) is 0 Å². The summed E-state index contributed by atoms with van der Waals surface area (Å²) >= 11 is 0. The van der Waals surface area contributed by atoms with Crippen LogP contribution in [0.25, 0.3) is 10.8 Å². The van der Waals surface area contributed by atoms with E-state index in [2.05, 4.69) is 4.74 Å². The van der Waals surface area contributed by atoms with Crippen molar-refractivity contribution in [1.29, 1.82) is 0 Å². The Morgan fingerprint density at radius 3 is 1.26 bits per heavy atom. The lowest BCUT2D eigenvalue weighted by atomic mass is 9.91. The van der Waals surface area contributed by atoms with Crippen LogP contribution in [0, 0.1) is 64.0 Å². The predicted molar refractivity (Wildman–Crippen MR) is 87.4 cm³/mol. The molecule has 35 heavy (non-hydrogen) atoms.